The van der Waals surface area contributed by atoms with E-state index in [1.807, 2.05) is 6.07 Å². The summed E-state index contributed by atoms with van der Waals surface area (Å²) < 4.78 is 59.7. The molecule has 10 heteroatoms. The molecule has 35 heavy (non-hydrogen) atoms. The van der Waals surface area contributed by atoms with Crippen LogP contribution in [0.2, 0.25) is 0 Å². The van der Waals surface area contributed by atoms with E-state index in [-0.39, 0.29) is 29.4 Å². The van der Waals surface area contributed by atoms with E-state index in [0.717, 1.165) is 12.1 Å². The molecule has 1 aromatic heterocycles. The number of aryl methyl sites for hydroxylation is 1. The maximum atomic E-state index is 15.1. The fourth-order valence-electron chi connectivity index (χ4n) is 4.46. The van der Waals surface area contributed by atoms with Crippen molar-refractivity contribution in [2.75, 3.05) is 0 Å². The van der Waals surface area contributed by atoms with Crippen LogP contribution >= 0.6 is 0 Å². The molecule has 0 bridgehead atoms. The van der Waals surface area contributed by atoms with Crippen LogP contribution < -0.4 is 5.32 Å². The fourth-order valence-corrected chi connectivity index (χ4v) is 6.65. The van der Waals surface area contributed by atoms with Gasteiger partial charge >= 0.3 is 0 Å². The van der Waals surface area contributed by atoms with Crippen LogP contribution in [0.3, 0.4) is 0 Å². The van der Waals surface area contributed by atoms with E-state index in [1.165, 1.54) is 15.1 Å². The summed E-state index contributed by atoms with van der Waals surface area (Å²) in [6.45, 7) is 3.04. The number of hydrogen-bond donors (Lipinski definition) is 1. The van der Waals surface area contributed by atoms with Gasteiger partial charge in [-0.1, -0.05) is 30.3 Å². The van der Waals surface area contributed by atoms with Crippen molar-refractivity contribution in [2.45, 2.75) is 50.6 Å². The normalized spacial score (nSPS) is 20.9. The largest absolute Gasteiger partial charge is 0.344 e. The highest BCUT2D eigenvalue weighted by Gasteiger charge is 2.40. The lowest BCUT2D eigenvalue weighted by Gasteiger charge is -2.37. The predicted octanol–water partition coefficient (Wildman–Crippen LogP) is 4.24. The number of carbonyl (C=O) groups excluding carboxylic acids is 1. The van der Waals surface area contributed by atoms with E-state index < -0.39 is 38.9 Å². The molecule has 1 aliphatic rings. The van der Waals surface area contributed by atoms with Gasteiger partial charge in [0.2, 0.25) is 10.0 Å². The molecule has 0 aliphatic carbocycles. The standard InChI is InChI=1S/C25H28F2N4O3S/c1-16-9-10-24(18-7-5-4-6-8-18)35(33,34)31(16)15-19-13-22(27)20(14-21(19)26)17(2)28-25(32)23-11-12-30(3)29-23/h4-8,11-14,16-17,24H,9-10,15H2,1-3H3,(H,28,32)/t16-,17?,24+/m0/s1. The lowest BCUT2D eigenvalue weighted by Crippen LogP contribution is -2.44. The van der Waals surface area contributed by atoms with E-state index in [9.17, 15) is 13.2 Å². The third-order valence-electron chi connectivity index (χ3n) is 6.45. The van der Waals surface area contributed by atoms with Crippen LogP contribution in [0.5, 0.6) is 0 Å². The number of nitrogens with zero attached hydrogens (tertiary/aromatic N) is 3. The minimum absolute atomic E-state index is 0.0350. The molecule has 7 nitrogen and oxygen atoms in total. The van der Waals surface area contributed by atoms with E-state index >= 15 is 8.78 Å². The van der Waals surface area contributed by atoms with Crippen molar-refractivity contribution in [2.24, 2.45) is 7.05 Å². The Bertz CT molecular complexity index is 1330. The van der Waals surface area contributed by atoms with Crippen molar-refractivity contribution in [1.82, 2.24) is 19.4 Å². The first kappa shape index (κ1) is 25.0. The van der Waals surface area contributed by atoms with Gasteiger partial charge in [0.15, 0.2) is 0 Å². The van der Waals surface area contributed by atoms with Gasteiger partial charge in [-0.05, 0) is 50.5 Å². The molecule has 3 aromatic rings. The molecule has 1 fully saturated rings. The Balaban J connectivity index is 1.55. The van der Waals surface area contributed by atoms with Crippen LogP contribution in [-0.2, 0) is 23.6 Å². The zero-order chi connectivity index (χ0) is 25.3. The Kier molecular flexibility index (Phi) is 7.05. The van der Waals surface area contributed by atoms with E-state index in [1.54, 1.807) is 51.4 Å². The summed E-state index contributed by atoms with van der Waals surface area (Å²) >= 11 is 0. The number of aromatic nitrogens is 2. The lowest BCUT2D eigenvalue weighted by atomic mass is 10.0. The predicted molar refractivity (Wildman–Crippen MR) is 128 cm³/mol. The highest BCUT2D eigenvalue weighted by molar-refractivity contribution is 7.89. The summed E-state index contributed by atoms with van der Waals surface area (Å²) in [6, 6.07) is 11.3. The molecule has 0 saturated carbocycles. The van der Waals surface area contributed by atoms with Gasteiger partial charge in [-0.15, -0.1) is 0 Å². The lowest BCUT2D eigenvalue weighted by molar-refractivity contribution is 0.0933. The molecule has 1 N–H and O–H groups in total. The zero-order valence-electron chi connectivity index (χ0n) is 19.8. The average Bonchev–Trinajstić information content (AvgIpc) is 3.25. The molecule has 1 unspecified atom stereocenters. The molecule has 2 aromatic carbocycles. The molecule has 1 amide bonds. The summed E-state index contributed by atoms with van der Waals surface area (Å²) in [7, 11) is -2.12. The van der Waals surface area contributed by atoms with Gasteiger partial charge in [-0.25, -0.2) is 17.2 Å². The number of rotatable bonds is 6. The Morgan fingerprint density at radius 3 is 2.51 bits per heavy atom. The maximum Gasteiger partial charge on any atom is 0.272 e. The second-order valence-electron chi connectivity index (χ2n) is 8.95. The number of carbonyl (C=O) groups is 1. The molecular weight excluding hydrogens is 474 g/mol. The van der Waals surface area contributed by atoms with Crippen LogP contribution in [0.15, 0.2) is 54.7 Å². The number of nitrogens with one attached hydrogen (secondary N) is 1. The molecule has 0 spiro atoms. The summed E-state index contributed by atoms with van der Waals surface area (Å²) in [6.07, 6.45) is 2.68. The monoisotopic (exact) mass is 502 g/mol. The van der Waals surface area contributed by atoms with Crippen molar-refractivity contribution >= 4 is 15.9 Å². The number of halogens is 2. The summed E-state index contributed by atoms with van der Waals surface area (Å²) in [5.74, 6) is -1.97. The molecular formula is C25H28F2N4O3S. The minimum Gasteiger partial charge on any atom is -0.344 e. The first-order valence-corrected chi connectivity index (χ1v) is 12.9. The third kappa shape index (κ3) is 5.13. The highest BCUT2D eigenvalue weighted by Crippen LogP contribution is 2.38. The van der Waals surface area contributed by atoms with Crippen molar-refractivity contribution in [3.05, 3.63) is 88.7 Å². The van der Waals surface area contributed by atoms with Gasteiger partial charge in [-0.2, -0.15) is 9.40 Å². The van der Waals surface area contributed by atoms with Crippen molar-refractivity contribution in [3.8, 4) is 0 Å². The molecule has 4 rings (SSSR count). The first-order valence-electron chi connectivity index (χ1n) is 11.4. The Labute approximate surface area is 203 Å². The Hall–Kier alpha value is -3.11. The molecule has 186 valence electrons. The minimum atomic E-state index is -3.79. The van der Waals surface area contributed by atoms with Gasteiger partial charge in [0.25, 0.3) is 5.91 Å². The summed E-state index contributed by atoms with van der Waals surface area (Å²) in [5, 5.41) is 5.88. The second kappa shape index (κ2) is 9.87. The van der Waals surface area contributed by atoms with E-state index in [4.69, 9.17) is 0 Å². The topological polar surface area (TPSA) is 84.3 Å². The number of amides is 1. The van der Waals surface area contributed by atoms with Crippen molar-refractivity contribution in [1.29, 1.82) is 0 Å². The number of sulfonamides is 1. The molecule has 3 atom stereocenters. The van der Waals surface area contributed by atoms with Crippen LogP contribution in [-0.4, -0.2) is 34.5 Å². The number of hydrogen-bond acceptors (Lipinski definition) is 4. The first-order chi connectivity index (χ1) is 16.6. The van der Waals surface area contributed by atoms with Gasteiger partial charge in [0.05, 0.1) is 6.04 Å². The number of benzene rings is 2. The SMILES string of the molecule is CC(NC(=O)c1ccn(C)n1)c1cc(F)c(CN2[C@@H](C)CC[C@H](c3ccccc3)S2(=O)=O)cc1F. The van der Waals surface area contributed by atoms with Crippen LogP contribution in [0, 0.1) is 11.6 Å². The van der Waals surface area contributed by atoms with Gasteiger partial charge in [0, 0.05) is 37.0 Å². The highest BCUT2D eigenvalue weighted by atomic mass is 32.2. The maximum absolute atomic E-state index is 15.1. The second-order valence-corrected chi connectivity index (χ2v) is 11.0. The average molecular weight is 503 g/mol. The molecule has 0 radical (unpaired) electrons. The van der Waals surface area contributed by atoms with Gasteiger partial charge < -0.3 is 5.32 Å². The third-order valence-corrected chi connectivity index (χ3v) is 8.82. The van der Waals surface area contributed by atoms with Crippen molar-refractivity contribution < 1.29 is 22.0 Å². The van der Waals surface area contributed by atoms with E-state index in [2.05, 4.69) is 10.4 Å². The molecule has 1 saturated heterocycles. The van der Waals surface area contributed by atoms with Crippen LogP contribution in [0.25, 0.3) is 0 Å². The van der Waals surface area contributed by atoms with E-state index in [0.29, 0.717) is 18.4 Å². The van der Waals surface area contributed by atoms with Crippen molar-refractivity contribution in [3.63, 3.8) is 0 Å². The summed E-state index contributed by atoms with van der Waals surface area (Å²) in [5.41, 5.74) is 0.754. The molecule has 1 aliphatic heterocycles. The zero-order valence-corrected chi connectivity index (χ0v) is 20.6. The van der Waals surface area contributed by atoms with Crippen LogP contribution in [0.4, 0.5) is 8.78 Å². The smallest absolute Gasteiger partial charge is 0.272 e. The fraction of sp³-hybridized carbons (Fsp3) is 0.360. The Morgan fingerprint density at radius 2 is 1.86 bits per heavy atom. The van der Waals surface area contributed by atoms with Crippen LogP contribution in [0.1, 0.15) is 65.2 Å². The molecule has 2 heterocycles. The van der Waals surface area contributed by atoms with Gasteiger partial charge in [0.1, 0.15) is 22.6 Å². The van der Waals surface area contributed by atoms with Gasteiger partial charge in [-0.3, -0.25) is 9.48 Å². The summed E-state index contributed by atoms with van der Waals surface area (Å²) in [4.78, 5) is 12.3. The Morgan fingerprint density at radius 1 is 1.14 bits per heavy atom. The quantitative estimate of drug-likeness (QED) is 0.546.